The normalized spacial score (nSPS) is 12.1. The molecule has 0 aliphatic rings. The molecule has 156 valence electrons. The summed E-state index contributed by atoms with van der Waals surface area (Å²) < 4.78 is 45.3. The summed E-state index contributed by atoms with van der Waals surface area (Å²) in [7, 11) is -2.66. The summed E-state index contributed by atoms with van der Waals surface area (Å²) in [4.78, 5) is 24.8. The van der Waals surface area contributed by atoms with Crippen molar-refractivity contribution in [3.8, 4) is 0 Å². The van der Waals surface area contributed by atoms with Crippen molar-refractivity contribution < 1.29 is 27.1 Å². The van der Waals surface area contributed by atoms with Gasteiger partial charge in [-0.2, -0.15) is 4.72 Å². The zero-order chi connectivity index (χ0) is 21.6. The second-order valence-electron chi connectivity index (χ2n) is 6.07. The Morgan fingerprint density at radius 1 is 1.14 bits per heavy atom. The van der Waals surface area contributed by atoms with E-state index in [0.29, 0.717) is 11.4 Å². The van der Waals surface area contributed by atoms with Gasteiger partial charge in [0.05, 0.1) is 12.6 Å². The summed E-state index contributed by atoms with van der Waals surface area (Å²) in [6.07, 6.45) is -0.513. The van der Waals surface area contributed by atoms with Crippen molar-refractivity contribution in [1.82, 2.24) is 4.72 Å². The molecule has 0 heterocycles. The lowest BCUT2D eigenvalue weighted by atomic mass is 10.2. The highest BCUT2D eigenvalue weighted by atomic mass is 32.2. The Balaban J connectivity index is 2.02. The van der Waals surface area contributed by atoms with Gasteiger partial charge in [0.25, 0.3) is 0 Å². The summed E-state index contributed by atoms with van der Waals surface area (Å²) in [5.41, 5.74) is 0.947. The number of sulfonamides is 1. The van der Waals surface area contributed by atoms with Crippen molar-refractivity contribution in [3.63, 3.8) is 0 Å². The summed E-state index contributed by atoms with van der Waals surface area (Å²) >= 11 is 0. The van der Waals surface area contributed by atoms with Crippen LogP contribution in [0.5, 0.6) is 0 Å². The summed E-state index contributed by atoms with van der Waals surface area (Å²) in [5.74, 6) is -1.54. The van der Waals surface area contributed by atoms with Crippen LogP contribution in [0.3, 0.4) is 0 Å². The maximum absolute atomic E-state index is 13.7. The van der Waals surface area contributed by atoms with Gasteiger partial charge in [-0.05, 0) is 50.2 Å². The van der Waals surface area contributed by atoms with Gasteiger partial charge in [-0.15, -0.1) is 0 Å². The zero-order valence-electron chi connectivity index (χ0n) is 16.2. The first-order valence-corrected chi connectivity index (χ1v) is 10.2. The molecule has 0 radical (unpaired) electrons. The minimum absolute atomic E-state index is 0.248. The maximum atomic E-state index is 13.7. The number of benzene rings is 2. The van der Waals surface area contributed by atoms with E-state index in [1.54, 1.807) is 38.2 Å². The zero-order valence-corrected chi connectivity index (χ0v) is 17.0. The highest BCUT2D eigenvalue weighted by Gasteiger charge is 2.24. The van der Waals surface area contributed by atoms with E-state index in [1.807, 2.05) is 0 Å². The lowest BCUT2D eigenvalue weighted by Gasteiger charge is -2.18. The molecule has 0 fully saturated rings. The molecule has 8 nitrogen and oxygen atoms in total. The molecular formula is C19H22FN3O5S. The number of hydrogen-bond donors (Lipinski definition) is 2. The van der Waals surface area contributed by atoms with Crippen molar-refractivity contribution in [1.29, 1.82) is 0 Å². The molecule has 2 rings (SSSR count). The highest BCUT2D eigenvalue weighted by Crippen LogP contribution is 2.18. The number of carbonyl (C=O) groups is 2. The van der Waals surface area contributed by atoms with Crippen LogP contribution in [0.25, 0.3) is 0 Å². The van der Waals surface area contributed by atoms with E-state index in [-0.39, 0.29) is 6.61 Å². The van der Waals surface area contributed by atoms with Gasteiger partial charge < -0.3 is 10.1 Å². The average Bonchev–Trinajstić information content (AvgIpc) is 2.68. The van der Waals surface area contributed by atoms with Crippen molar-refractivity contribution in [2.24, 2.45) is 0 Å². The first-order valence-electron chi connectivity index (χ1n) is 8.74. The van der Waals surface area contributed by atoms with Crippen LogP contribution in [-0.4, -0.2) is 40.1 Å². The van der Waals surface area contributed by atoms with Gasteiger partial charge in [0.1, 0.15) is 10.7 Å². The molecule has 29 heavy (non-hydrogen) atoms. The van der Waals surface area contributed by atoms with E-state index in [2.05, 4.69) is 10.0 Å². The third-order valence-electron chi connectivity index (χ3n) is 3.92. The molecule has 2 aromatic rings. The fraction of sp³-hybridized carbons (Fsp3) is 0.263. The molecule has 0 saturated carbocycles. The SMILES string of the molecule is CCOC(=O)N(C)c1ccc(NC(=O)[C@H](C)NS(=O)(=O)c2ccccc2F)cc1. The minimum atomic E-state index is -4.20. The monoisotopic (exact) mass is 423 g/mol. The van der Waals surface area contributed by atoms with Crippen LogP contribution in [0.2, 0.25) is 0 Å². The maximum Gasteiger partial charge on any atom is 0.413 e. The second kappa shape index (κ2) is 9.48. The number of nitrogens with one attached hydrogen (secondary N) is 2. The number of rotatable bonds is 7. The van der Waals surface area contributed by atoms with E-state index in [4.69, 9.17) is 4.74 Å². The molecule has 2 N–H and O–H groups in total. The van der Waals surface area contributed by atoms with Gasteiger partial charge >= 0.3 is 6.09 Å². The number of carbonyl (C=O) groups excluding carboxylic acids is 2. The van der Waals surface area contributed by atoms with Crippen LogP contribution < -0.4 is 14.9 Å². The van der Waals surface area contributed by atoms with Crippen LogP contribution in [0.1, 0.15) is 13.8 Å². The molecule has 0 aliphatic carbocycles. The predicted octanol–water partition coefficient (Wildman–Crippen LogP) is 2.72. The third kappa shape index (κ3) is 5.75. The Labute approximate surface area is 168 Å². The number of anilines is 2. The van der Waals surface area contributed by atoms with Crippen molar-refractivity contribution in [2.45, 2.75) is 24.8 Å². The topological polar surface area (TPSA) is 105 Å². The molecule has 2 aromatic carbocycles. The van der Waals surface area contributed by atoms with Gasteiger partial charge in [0, 0.05) is 18.4 Å². The second-order valence-corrected chi connectivity index (χ2v) is 7.75. The van der Waals surface area contributed by atoms with E-state index in [0.717, 1.165) is 12.1 Å². The van der Waals surface area contributed by atoms with Gasteiger partial charge in [0.15, 0.2) is 0 Å². The summed E-state index contributed by atoms with van der Waals surface area (Å²) in [5, 5.41) is 2.56. The lowest BCUT2D eigenvalue weighted by Crippen LogP contribution is -2.41. The van der Waals surface area contributed by atoms with Crippen molar-refractivity contribution in [2.75, 3.05) is 23.9 Å². The largest absolute Gasteiger partial charge is 0.449 e. The van der Waals surface area contributed by atoms with E-state index in [9.17, 15) is 22.4 Å². The van der Waals surface area contributed by atoms with Gasteiger partial charge in [-0.25, -0.2) is 17.6 Å². The van der Waals surface area contributed by atoms with E-state index < -0.39 is 38.8 Å². The first kappa shape index (κ1) is 22.3. The molecular weight excluding hydrogens is 401 g/mol. The van der Waals surface area contributed by atoms with Crippen LogP contribution in [0.15, 0.2) is 53.4 Å². The number of ether oxygens (including phenoxy) is 1. The Bertz CT molecular complexity index is 980. The molecule has 10 heteroatoms. The van der Waals surface area contributed by atoms with E-state index >= 15 is 0 Å². The molecule has 2 amide bonds. The van der Waals surface area contributed by atoms with Gasteiger partial charge in [-0.1, -0.05) is 12.1 Å². The minimum Gasteiger partial charge on any atom is -0.449 e. The first-order chi connectivity index (χ1) is 13.7. The Morgan fingerprint density at radius 2 is 1.76 bits per heavy atom. The molecule has 0 spiro atoms. The standard InChI is InChI=1S/C19H22FN3O5S/c1-4-28-19(25)23(3)15-11-9-14(10-12-15)21-18(24)13(2)22-29(26,27)17-8-6-5-7-16(17)20/h5-13,22H,4H2,1-3H3,(H,21,24)/t13-/m0/s1. The predicted molar refractivity (Wildman–Crippen MR) is 107 cm³/mol. The summed E-state index contributed by atoms with van der Waals surface area (Å²) in [6, 6.07) is 10.0. The lowest BCUT2D eigenvalue weighted by molar-refractivity contribution is -0.117. The molecule has 0 unspecified atom stereocenters. The van der Waals surface area contributed by atoms with Crippen LogP contribution >= 0.6 is 0 Å². The van der Waals surface area contributed by atoms with Crippen LogP contribution in [0, 0.1) is 5.82 Å². The third-order valence-corrected chi connectivity index (χ3v) is 5.49. The number of nitrogens with zero attached hydrogens (tertiary/aromatic N) is 1. The molecule has 0 aliphatic heterocycles. The summed E-state index contributed by atoms with van der Waals surface area (Å²) in [6.45, 7) is 3.29. The number of amides is 2. The average molecular weight is 423 g/mol. The Kier molecular flexibility index (Phi) is 7.29. The highest BCUT2D eigenvalue weighted by molar-refractivity contribution is 7.89. The van der Waals surface area contributed by atoms with Crippen molar-refractivity contribution >= 4 is 33.4 Å². The van der Waals surface area contributed by atoms with Crippen LogP contribution in [0.4, 0.5) is 20.6 Å². The quantitative estimate of drug-likeness (QED) is 0.713. The molecule has 1 atom stereocenters. The fourth-order valence-electron chi connectivity index (χ4n) is 2.36. The molecule has 0 bridgehead atoms. The fourth-order valence-corrected chi connectivity index (χ4v) is 3.64. The molecule has 0 aromatic heterocycles. The van der Waals surface area contributed by atoms with Gasteiger partial charge in [0.2, 0.25) is 15.9 Å². The van der Waals surface area contributed by atoms with Gasteiger partial charge in [-0.3, -0.25) is 9.69 Å². The Morgan fingerprint density at radius 3 is 2.34 bits per heavy atom. The molecule has 0 saturated heterocycles. The smallest absolute Gasteiger partial charge is 0.413 e. The van der Waals surface area contributed by atoms with Crippen molar-refractivity contribution in [3.05, 3.63) is 54.3 Å². The number of halogens is 1. The van der Waals surface area contributed by atoms with E-state index in [1.165, 1.54) is 24.0 Å². The van der Waals surface area contributed by atoms with Crippen LogP contribution in [-0.2, 0) is 19.6 Å². The number of hydrogen-bond acceptors (Lipinski definition) is 5. The Hall–Kier alpha value is -2.98.